The summed E-state index contributed by atoms with van der Waals surface area (Å²) in [6, 6.07) is 9.60. The number of para-hydroxylation sites is 1. The number of nitrogens with one attached hydrogen (secondary N) is 2. The fourth-order valence-electron chi connectivity index (χ4n) is 2.66. The second-order valence-electron chi connectivity index (χ2n) is 5.78. The van der Waals surface area contributed by atoms with Gasteiger partial charge in [0.25, 0.3) is 5.56 Å². The monoisotopic (exact) mass is 335 g/mol. The van der Waals surface area contributed by atoms with Crippen molar-refractivity contribution < 1.29 is 0 Å². The molecule has 0 saturated heterocycles. The van der Waals surface area contributed by atoms with Crippen LogP contribution in [0.3, 0.4) is 0 Å². The van der Waals surface area contributed by atoms with Gasteiger partial charge >= 0.3 is 0 Å². The predicted molar refractivity (Wildman–Crippen MR) is 94.8 cm³/mol. The second kappa shape index (κ2) is 5.90. The van der Waals surface area contributed by atoms with Crippen LogP contribution in [0.5, 0.6) is 0 Å². The molecule has 0 radical (unpaired) electrons. The van der Waals surface area contributed by atoms with E-state index >= 15 is 0 Å². The molecular formula is C17H17N7O. The largest absolute Gasteiger partial charge is 0.351 e. The fourth-order valence-corrected chi connectivity index (χ4v) is 2.66. The van der Waals surface area contributed by atoms with Gasteiger partial charge in [0.2, 0.25) is 5.95 Å². The molecule has 2 N–H and O–H groups in total. The zero-order chi connectivity index (χ0) is 17.4. The number of hydrogen-bond donors (Lipinski definition) is 2. The van der Waals surface area contributed by atoms with Gasteiger partial charge in [0.1, 0.15) is 5.39 Å². The van der Waals surface area contributed by atoms with Gasteiger partial charge in [-0.1, -0.05) is 18.2 Å². The van der Waals surface area contributed by atoms with Crippen molar-refractivity contribution in [3.63, 3.8) is 0 Å². The van der Waals surface area contributed by atoms with Crippen molar-refractivity contribution in [2.75, 3.05) is 5.32 Å². The number of aryl methyl sites for hydroxylation is 1. The topological polar surface area (TPSA) is 93.4 Å². The van der Waals surface area contributed by atoms with Crippen LogP contribution in [0.2, 0.25) is 0 Å². The maximum absolute atomic E-state index is 12.3. The molecule has 8 heteroatoms. The Balaban J connectivity index is 1.71. The molecule has 0 spiro atoms. The molecule has 0 atom stereocenters. The lowest BCUT2D eigenvalue weighted by molar-refractivity contribution is 0.738. The third-order valence-electron chi connectivity index (χ3n) is 4.22. The average molecular weight is 335 g/mol. The molecule has 0 unspecified atom stereocenters. The number of H-pyrrole nitrogens is 1. The van der Waals surface area contributed by atoms with Crippen LogP contribution in [0.15, 0.2) is 47.5 Å². The summed E-state index contributed by atoms with van der Waals surface area (Å²) in [6.45, 7) is 2.52. The first kappa shape index (κ1) is 15.1. The first-order valence-electron chi connectivity index (χ1n) is 7.88. The molecule has 4 rings (SSSR count). The molecule has 0 amide bonds. The van der Waals surface area contributed by atoms with Gasteiger partial charge in [0.05, 0.1) is 18.1 Å². The van der Waals surface area contributed by atoms with Crippen molar-refractivity contribution in [1.82, 2.24) is 29.5 Å². The smallest absolute Gasteiger partial charge is 0.263 e. The molecule has 25 heavy (non-hydrogen) atoms. The van der Waals surface area contributed by atoms with Gasteiger partial charge in [-0.2, -0.15) is 15.2 Å². The number of hydrogen-bond acceptors (Lipinski definition) is 5. The van der Waals surface area contributed by atoms with Gasteiger partial charge < -0.3 is 5.32 Å². The number of fused-ring (bicyclic) bond motifs is 1. The number of nitrogens with zero attached hydrogens (tertiary/aromatic N) is 5. The van der Waals surface area contributed by atoms with Crippen LogP contribution in [0.1, 0.15) is 11.3 Å². The van der Waals surface area contributed by atoms with Gasteiger partial charge in [0, 0.05) is 24.8 Å². The zero-order valence-electron chi connectivity index (χ0n) is 13.9. The molecule has 0 fully saturated rings. The highest BCUT2D eigenvalue weighted by atomic mass is 16.1. The molecule has 4 aromatic rings. The van der Waals surface area contributed by atoms with Crippen LogP contribution in [0, 0.1) is 6.92 Å². The minimum absolute atomic E-state index is 0.224. The Bertz CT molecular complexity index is 1090. The van der Waals surface area contributed by atoms with Crippen LogP contribution in [-0.2, 0) is 13.6 Å². The molecule has 0 aliphatic heterocycles. The van der Waals surface area contributed by atoms with Crippen molar-refractivity contribution in [2.45, 2.75) is 13.5 Å². The first-order valence-corrected chi connectivity index (χ1v) is 7.88. The SMILES string of the molecule is Cc1c(CNc2nc3c(cnn3-c3ccccc3)c(=O)[nH]2)cnn1C. The van der Waals surface area contributed by atoms with Crippen molar-refractivity contribution >= 4 is 17.0 Å². The van der Waals surface area contributed by atoms with Gasteiger partial charge in [-0.3, -0.25) is 14.5 Å². The number of benzene rings is 1. The third-order valence-corrected chi connectivity index (χ3v) is 4.22. The van der Waals surface area contributed by atoms with Gasteiger partial charge in [-0.25, -0.2) is 4.68 Å². The van der Waals surface area contributed by atoms with E-state index in [1.807, 2.05) is 44.3 Å². The maximum atomic E-state index is 12.3. The van der Waals surface area contributed by atoms with E-state index in [1.165, 1.54) is 6.20 Å². The van der Waals surface area contributed by atoms with E-state index in [-0.39, 0.29) is 5.56 Å². The lowest BCUT2D eigenvalue weighted by Gasteiger charge is -2.07. The highest BCUT2D eigenvalue weighted by Gasteiger charge is 2.12. The summed E-state index contributed by atoms with van der Waals surface area (Å²) in [5.74, 6) is 0.401. The zero-order valence-corrected chi connectivity index (χ0v) is 13.9. The molecule has 0 aliphatic rings. The number of anilines is 1. The van der Waals surface area contributed by atoms with E-state index in [1.54, 1.807) is 15.6 Å². The summed E-state index contributed by atoms with van der Waals surface area (Å²) in [5.41, 5.74) is 3.25. The van der Waals surface area contributed by atoms with Gasteiger partial charge in [-0.15, -0.1) is 0 Å². The quantitative estimate of drug-likeness (QED) is 0.593. The average Bonchev–Trinajstić information content (AvgIpc) is 3.19. The molecule has 3 aromatic heterocycles. The summed E-state index contributed by atoms with van der Waals surface area (Å²) in [6.07, 6.45) is 3.33. The third kappa shape index (κ3) is 2.67. The van der Waals surface area contributed by atoms with E-state index in [2.05, 4.69) is 25.5 Å². The van der Waals surface area contributed by atoms with E-state index in [0.29, 0.717) is 23.5 Å². The Morgan fingerprint density at radius 3 is 2.68 bits per heavy atom. The normalized spacial score (nSPS) is 11.1. The molecule has 126 valence electrons. The molecular weight excluding hydrogens is 318 g/mol. The predicted octanol–water partition coefficient (Wildman–Crippen LogP) is 1.76. The summed E-state index contributed by atoms with van der Waals surface area (Å²) >= 11 is 0. The van der Waals surface area contributed by atoms with Crippen LogP contribution in [0.25, 0.3) is 16.7 Å². The van der Waals surface area contributed by atoms with E-state index in [0.717, 1.165) is 16.9 Å². The number of rotatable bonds is 4. The number of aromatic amines is 1. The molecule has 1 aromatic carbocycles. The highest BCUT2D eigenvalue weighted by molar-refractivity contribution is 5.76. The minimum Gasteiger partial charge on any atom is -0.351 e. The Kier molecular flexibility index (Phi) is 3.57. The Morgan fingerprint density at radius 2 is 1.96 bits per heavy atom. The molecule has 3 heterocycles. The van der Waals surface area contributed by atoms with Gasteiger partial charge in [-0.05, 0) is 19.1 Å². The summed E-state index contributed by atoms with van der Waals surface area (Å²) in [4.78, 5) is 19.6. The van der Waals surface area contributed by atoms with Gasteiger partial charge in [0.15, 0.2) is 5.65 Å². The lowest BCUT2D eigenvalue weighted by atomic mass is 10.2. The van der Waals surface area contributed by atoms with E-state index < -0.39 is 0 Å². The number of aromatic nitrogens is 6. The maximum Gasteiger partial charge on any atom is 0.263 e. The highest BCUT2D eigenvalue weighted by Crippen LogP contribution is 2.15. The van der Waals surface area contributed by atoms with Crippen molar-refractivity contribution in [3.8, 4) is 5.69 Å². The second-order valence-corrected chi connectivity index (χ2v) is 5.78. The Hall–Kier alpha value is -3.42. The fraction of sp³-hybridized carbons (Fsp3) is 0.176. The van der Waals surface area contributed by atoms with Crippen LogP contribution in [0.4, 0.5) is 5.95 Å². The lowest BCUT2D eigenvalue weighted by Crippen LogP contribution is -2.14. The van der Waals surface area contributed by atoms with E-state index in [9.17, 15) is 4.79 Å². The molecule has 0 saturated carbocycles. The first-order chi connectivity index (χ1) is 12.1. The van der Waals surface area contributed by atoms with Crippen molar-refractivity contribution in [3.05, 3.63) is 64.3 Å². The Morgan fingerprint density at radius 1 is 1.16 bits per heavy atom. The molecule has 0 aliphatic carbocycles. The van der Waals surface area contributed by atoms with E-state index in [4.69, 9.17) is 0 Å². The standard InChI is InChI=1S/C17H17N7O/c1-11-12(9-19-23(11)2)8-18-17-21-15-14(16(25)22-17)10-20-24(15)13-6-4-3-5-7-13/h3-7,9-10H,8H2,1-2H3,(H2,18,21,22,25). The van der Waals surface area contributed by atoms with Crippen molar-refractivity contribution in [2.24, 2.45) is 7.05 Å². The molecule has 0 bridgehead atoms. The van der Waals surface area contributed by atoms with Crippen LogP contribution >= 0.6 is 0 Å². The van der Waals surface area contributed by atoms with Crippen LogP contribution < -0.4 is 10.9 Å². The molecule has 8 nitrogen and oxygen atoms in total. The minimum atomic E-state index is -0.224. The summed E-state index contributed by atoms with van der Waals surface area (Å²) < 4.78 is 3.46. The summed E-state index contributed by atoms with van der Waals surface area (Å²) in [5, 5.41) is 12.1. The Labute approximate surface area is 143 Å². The summed E-state index contributed by atoms with van der Waals surface area (Å²) in [7, 11) is 1.89. The van der Waals surface area contributed by atoms with Crippen LogP contribution in [-0.4, -0.2) is 29.5 Å². The van der Waals surface area contributed by atoms with Crippen molar-refractivity contribution in [1.29, 1.82) is 0 Å².